The van der Waals surface area contributed by atoms with Crippen LogP contribution in [0.4, 0.5) is 11.5 Å². The van der Waals surface area contributed by atoms with E-state index in [2.05, 4.69) is 10.3 Å². The Hall–Kier alpha value is -2.18. The molecule has 0 spiro atoms. The second-order valence-corrected chi connectivity index (χ2v) is 3.49. The summed E-state index contributed by atoms with van der Waals surface area (Å²) < 4.78 is 4.78. The van der Waals surface area contributed by atoms with Gasteiger partial charge in [0, 0.05) is 19.0 Å². The molecule has 0 unspecified atom stereocenters. The molecule has 7 nitrogen and oxygen atoms in total. The van der Waals surface area contributed by atoms with Gasteiger partial charge in [0.1, 0.15) is 12.0 Å². The molecule has 0 bridgehead atoms. The number of hydrogen-bond donors (Lipinski definition) is 1. The number of pyridine rings is 1. The number of anilines is 1. The fourth-order valence-electron chi connectivity index (χ4n) is 1.28. The van der Waals surface area contributed by atoms with Crippen LogP contribution >= 0.6 is 0 Å². The predicted octanol–water partition coefficient (Wildman–Crippen LogP) is 1.74. The van der Waals surface area contributed by atoms with Crippen molar-refractivity contribution in [1.82, 2.24) is 4.98 Å². The number of nitrogens with one attached hydrogen (secondary N) is 1. The highest BCUT2D eigenvalue weighted by molar-refractivity contribution is 5.69. The van der Waals surface area contributed by atoms with Crippen molar-refractivity contribution >= 4 is 17.5 Å². The lowest BCUT2D eigenvalue weighted by atomic mass is 10.3. The van der Waals surface area contributed by atoms with Gasteiger partial charge < -0.3 is 10.1 Å². The van der Waals surface area contributed by atoms with Crippen molar-refractivity contribution in [1.29, 1.82) is 0 Å². The van der Waals surface area contributed by atoms with Gasteiger partial charge in [-0.15, -0.1) is 0 Å². The van der Waals surface area contributed by atoms with E-state index in [1.54, 1.807) is 6.92 Å². The normalized spacial score (nSPS) is 9.83. The van der Waals surface area contributed by atoms with E-state index in [4.69, 9.17) is 4.74 Å². The fourth-order valence-corrected chi connectivity index (χ4v) is 1.28. The van der Waals surface area contributed by atoms with Crippen molar-refractivity contribution < 1.29 is 14.5 Å². The first-order chi connectivity index (χ1) is 8.63. The maximum atomic E-state index is 11.0. The third kappa shape index (κ3) is 4.77. The van der Waals surface area contributed by atoms with E-state index < -0.39 is 4.92 Å². The van der Waals surface area contributed by atoms with Crippen LogP contribution in [0.2, 0.25) is 0 Å². The van der Waals surface area contributed by atoms with Crippen LogP contribution in [0, 0.1) is 10.1 Å². The molecule has 98 valence electrons. The Bertz CT molecular complexity index is 405. The van der Waals surface area contributed by atoms with Crippen molar-refractivity contribution in [3.8, 4) is 0 Å². The molecule has 0 fully saturated rings. The molecule has 0 aliphatic carbocycles. The van der Waals surface area contributed by atoms with Gasteiger partial charge >= 0.3 is 5.97 Å². The number of nitrogens with zero attached hydrogens (tertiary/aromatic N) is 2. The SMILES string of the molecule is CCOC(=O)CCCNc1ccc([N+](=O)[O-])cn1. The molecule has 1 heterocycles. The molecule has 1 rings (SSSR count). The summed E-state index contributed by atoms with van der Waals surface area (Å²) in [5, 5.41) is 13.4. The first-order valence-corrected chi connectivity index (χ1v) is 5.63. The second-order valence-electron chi connectivity index (χ2n) is 3.49. The lowest BCUT2D eigenvalue weighted by Gasteiger charge is -2.04. The average molecular weight is 253 g/mol. The molecule has 0 aliphatic heterocycles. The molecule has 18 heavy (non-hydrogen) atoms. The fraction of sp³-hybridized carbons (Fsp3) is 0.455. The first kappa shape index (κ1) is 13.9. The summed E-state index contributed by atoms with van der Waals surface area (Å²) in [6.45, 7) is 2.71. The topological polar surface area (TPSA) is 94.4 Å². The molecule has 0 saturated carbocycles. The maximum absolute atomic E-state index is 11.0. The Balaban J connectivity index is 2.27. The summed E-state index contributed by atoms with van der Waals surface area (Å²) in [6, 6.07) is 2.91. The summed E-state index contributed by atoms with van der Waals surface area (Å²) in [5.74, 6) is 0.320. The van der Waals surface area contributed by atoms with Crippen LogP contribution in [0.3, 0.4) is 0 Å². The van der Waals surface area contributed by atoms with Crippen molar-refractivity contribution in [3.63, 3.8) is 0 Å². The van der Waals surface area contributed by atoms with Gasteiger partial charge in [0.05, 0.1) is 11.5 Å². The van der Waals surface area contributed by atoms with Crippen LogP contribution in [0.5, 0.6) is 0 Å². The van der Waals surface area contributed by atoms with E-state index in [-0.39, 0.29) is 11.7 Å². The van der Waals surface area contributed by atoms with Crippen molar-refractivity contribution in [3.05, 3.63) is 28.4 Å². The van der Waals surface area contributed by atoms with E-state index in [0.717, 1.165) is 0 Å². The van der Waals surface area contributed by atoms with Crippen LogP contribution in [0.1, 0.15) is 19.8 Å². The average Bonchev–Trinajstić information content (AvgIpc) is 2.35. The van der Waals surface area contributed by atoms with E-state index in [1.807, 2.05) is 0 Å². The molecular weight excluding hydrogens is 238 g/mol. The molecule has 0 aromatic carbocycles. The Morgan fingerprint density at radius 1 is 1.56 bits per heavy atom. The van der Waals surface area contributed by atoms with Gasteiger partial charge in [-0.25, -0.2) is 4.98 Å². The standard InChI is InChI=1S/C11H15N3O4/c1-2-18-11(15)4-3-7-12-10-6-5-9(8-13-10)14(16)17/h5-6,8H,2-4,7H2,1H3,(H,12,13). The van der Waals surface area contributed by atoms with E-state index in [9.17, 15) is 14.9 Å². The number of ether oxygens (including phenoxy) is 1. The minimum atomic E-state index is -0.502. The summed E-state index contributed by atoms with van der Waals surface area (Å²) in [7, 11) is 0. The zero-order valence-corrected chi connectivity index (χ0v) is 10.1. The number of nitro groups is 1. The predicted molar refractivity (Wildman–Crippen MR) is 65.2 cm³/mol. The lowest BCUT2D eigenvalue weighted by Crippen LogP contribution is -2.08. The summed E-state index contributed by atoms with van der Waals surface area (Å²) in [6.07, 6.45) is 2.15. The van der Waals surface area contributed by atoms with Crippen LogP contribution < -0.4 is 5.32 Å². The molecule has 0 atom stereocenters. The first-order valence-electron chi connectivity index (χ1n) is 5.63. The highest BCUT2D eigenvalue weighted by atomic mass is 16.6. The Labute approximate surface area is 104 Å². The Morgan fingerprint density at radius 3 is 2.89 bits per heavy atom. The van der Waals surface area contributed by atoms with Crippen molar-refractivity contribution in [2.24, 2.45) is 0 Å². The lowest BCUT2D eigenvalue weighted by molar-refractivity contribution is -0.385. The molecule has 0 saturated heterocycles. The number of hydrogen-bond acceptors (Lipinski definition) is 6. The molecule has 1 aromatic heterocycles. The van der Waals surface area contributed by atoms with Crippen LogP contribution in [-0.2, 0) is 9.53 Å². The van der Waals surface area contributed by atoms with Crippen molar-refractivity contribution in [2.45, 2.75) is 19.8 Å². The van der Waals surface area contributed by atoms with Gasteiger partial charge in [0.15, 0.2) is 0 Å². The van der Waals surface area contributed by atoms with E-state index in [0.29, 0.717) is 31.8 Å². The van der Waals surface area contributed by atoms with Gasteiger partial charge in [-0.2, -0.15) is 0 Å². The monoisotopic (exact) mass is 253 g/mol. The van der Waals surface area contributed by atoms with Crippen LogP contribution in [-0.4, -0.2) is 29.0 Å². The quantitative estimate of drug-likeness (QED) is 0.344. The van der Waals surface area contributed by atoms with Gasteiger partial charge in [0.2, 0.25) is 0 Å². The number of aromatic nitrogens is 1. The van der Waals surface area contributed by atoms with Gasteiger partial charge in [0.25, 0.3) is 5.69 Å². The van der Waals surface area contributed by atoms with E-state index >= 15 is 0 Å². The largest absolute Gasteiger partial charge is 0.466 e. The smallest absolute Gasteiger partial charge is 0.305 e. The number of carbonyl (C=O) groups is 1. The number of rotatable bonds is 7. The van der Waals surface area contributed by atoms with E-state index in [1.165, 1.54) is 18.3 Å². The molecular formula is C11H15N3O4. The number of esters is 1. The third-order valence-corrected chi connectivity index (χ3v) is 2.13. The highest BCUT2D eigenvalue weighted by Gasteiger charge is 2.05. The maximum Gasteiger partial charge on any atom is 0.305 e. The van der Waals surface area contributed by atoms with Gasteiger partial charge in [-0.3, -0.25) is 14.9 Å². The zero-order chi connectivity index (χ0) is 13.4. The third-order valence-electron chi connectivity index (χ3n) is 2.13. The summed E-state index contributed by atoms with van der Waals surface area (Å²) in [4.78, 5) is 24.8. The number of carbonyl (C=O) groups excluding carboxylic acids is 1. The molecule has 0 aliphatic rings. The van der Waals surface area contributed by atoms with Gasteiger partial charge in [-0.05, 0) is 19.4 Å². The van der Waals surface area contributed by atoms with Crippen molar-refractivity contribution in [2.75, 3.05) is 18.5 Å². The molecule has 0 radical (unpaired) electrons. The minimum absolute atomic E-state index is 0.0490. The minimum Gasteiger partial charge on any atom is -0.466 e. The molecule has 7 heteroatoms. The summed E-state index contributed by atoms with van der Waals surface area (Å²) in [5.41, 5.74) is -0.0490. The molecule has 1 N–H and O–H groups in total. The highest BCUT2D eigenvalue weighted by Crippen LogP contribution is 2.11. The molecule has 1 aromatic rings. The second kappa shape index (κ2) is 7.21. The Kier molecular flexibility index (Phi) is 5.56. The van der Waals surface area contributed by atoms with Gasteiger partial charge in [-0.1, -0.05) is 0 Å². The zero-order valence-electron chi connectivity index (χ0n) is 10.1. The van der Waals surface area contributed by atoms with Crippen LogP contribution in [0.25, 0.3) is 0 Å². The van der Waals surface area contributed by atoms with Crippen LogP contribution in [0.15, 0.2) is 18.3 Å². The summed E-state index contributed by atoms with van der Waals surface area (Å²) >= 11 is 0. The Morgan fingerprint density at radius 2 is 2.33 bits per heavy atom. The molecule has 0 amide bonds.